The third-order valence-electron chi connectivity index (χ3n) is 8.10. The second kappa shape index (κ2) is 8.36. The monoisotopic (exact) mass is 486 g/mol. The van der Waals surface area contributed by atoms with Crippen LogP contribution in [0.25, 0.3) is 49.4 Å². The van der Waals surface area contributed by atoms with Gasteiger partial charge in [-0.15, -0.1) is 0 Å². The number of hydrogen-bond donors (Lipinski definition) is 0. The van der Waals surface area contributed by atoms with Crippen LogP contribution in [0.15, 0.2) is 133 Å². The molecule has 7 aromatic rings. The van der Waals surface area contributed by atoms with Gasteiger partial charge in [0.1, 0.15) is 0 Å². The summed E-state index contributed by atoms with van der Waals surface area (Å²) in [7, 11) is 0. The standard InChI is InChI=1S/C36H26N2/c1-6-14-33-26(9-1)23-24-37(33)34-22-21-28(29-10-2-3-11-30(29)34)25-17-19-27(20-18-25)38-35-15-7-4-12-31(35)32-13-5-8-16-36(32)38/h1-22H,23-24H2. The highest BCUT2D eigenvalue weighted by molar-refractivity contribution is 6.09. The maximum atomic E-state index is 2.48. The van der Waals surface area contributed by atoms with Crippen molar-refractivity contribution in [3.8, 4) is 16.8 Å². The molecule has 1 aromatic heterocycles. The highest BCUT2D eigenvalue weighted by atomic mass is 15.2. The first kappa shape index (κ1) is 21.3. The smallest absolute Gasteiger partial charge is 0.0541 e. The number of para-hydroxylation sites is 3. The Morgan fingerprint density at radius 1 is 0.447 bits per heavy atom. The molecule has 1 aliphatic rings. The van der Waals surface area contributed by atoms with Crippen LogP contribution in [0.1, 0.15) is 5.56 Å². The Kier molecular flexibility index (Phi) is 4.68. The summed E-state index contributed by atoms with van der Waals surface area (Å²) in [5, 5.41) is 5.17. The van der Waals surface area contributed by atoms with Crippen LogP contribution in [0, 0.1) is 0 Å². The topological polar surface area (TPSA) is 8.17 Å². The van der Waals surface area contributed by atoms with Gasteiger partial charge in [0.25, 0.3) is 0 Å². The van der Waals surface area contributed by atoms with Gasteiger partial charge < -0.3 is 9.47 Å². The molecule has 0 atom stereocenters. The van der Waals surface area contributed by atoms with Gasteiger partial charge in [0, 0.05) is 39.8 Å². The molecule has 38 heavy (non-hydrogen) atoms. The Morgan fingerprint density at radius 2 is 1.05 bits per heavy atom. The molecule has 2 nitrogen and oxygen atoms in total. The van der Waals surface area contributed by atoms with E-state index in [2.05, 4.69) is 143 Å². The zero-order chi connectivity index (χ0) is 25.1. The van der Waals surface area contributed by atoms with Gasteiger partial charge in [0.05, 0.1) is 11.0 Å². The molecule has 0 saturated carbocycles. The zero-order valence-electron chi connectivity index (χ0n) is 21.0. The third kappa shape index (κ3) is 3.13. The van der Waals surface area contributed by atoms with Crippen molar-refractivity contribution >= 4 is 44.0 Å². The molecule has 0 aliphatic carbocycles. The molecule has 0 saturated heterocycles. The van der Waals surface area contributed by atoms with E-state index in [4.69, 9.17) is 0 Å². The van der Waals surface area contributed by atoms with Crippen molar-refractivity contribution in [3.63, 3.8) is 0 Å². The van der Waals surface area contributed by atoms with Gasteiger partial charge in [-0.1, -0.05) is 97.1 Å². The summed E-state index contributed by atoms with van der Waals surface area (Å²) in [5.41, 5.74) is 10.2. The number of benzene rings is 6. The van der Waals surface area contributed by atoms with E-state index < -0.39 is 0 Å². The van der Waals surface area contributed by atoms with E-state index in [1.807, 2.05) is 0 Å². The molecule has 0 fully saturated rings. The van der Waals surface area contributed by atoms with Crippen LogP contribution >= 0.6 is 0 Å². The van der Waals surface area contributed by atoms with Crippen molar-refractivity contribution in [1.82, 2.24) is 4.57 Å². The van der Waals surface area contributed by atoms with Crippen LogP contribution in [0.5, 0.6) is 0 Å². The molecule has 0 unspecified atom stereocenters. The lowest BCUT2D eigenvalue weighted by Gasteiger charge is -2.23. The molecule has 6 aromatic carbocycles. The van der Waals surface area contributed by atoms with Gasteiger partial charge in [0.15, 0.2) is 0 Å². The number of nitrogens with zero attached hydrogens (tertiary/aromatic N) is 2. The lowest BCUT2D eigenvalue weighted by Crippen LogP contribution is -2.13. The molecular formula is C36H26N2. The van der Waals surface area contributed by atoms with E-state index in [9.17, 15) is 0 Å². The largest absolute Gasteiger partial charge is 0.340 e. The summed E-state index contributed by atoms with van der Waals surface area (Å²) in [6.07, 6.45) is 1.09. The molecule has 8 rings (SSSR count). The lowest BCUT2D eigenvalue weighted by atomic mass is 9.96. The fourth-order valence-electron chi connectivity index (χ4n) is 6.35. The summed E-state index contributed by atoms with van der Waals surface area (Å²) < 4.78 is 2.38. The second-order valence-corrected chi connectivity index (χ2v) is 10.1. The van der Waals surface area contributed by atoms with E-state index in [0.29, 0.717) is 0 Å². The average molecular weight is 487 g/mol. The summed E-state index contributed by atoms with van der Waals surface area (Å²) in [4.78, 5) is 2.48. The highest BCUT2D eigenvalue weighted by Gasteiger charge is 2.22. The molecule has 0 radical (unpaired) electrons. The molecule has 0 N–H and O–H groups in total. The van der Waals surface area contributed by atoms with Crippen molar-refractivity contribution < 1.29 is 0 Å². The van der Waals surface area contributed by atoms with E-state index in [1.165, 1.54) is 66.3 Å². The number of hydrogen-bond acceptors (Lipinski definition) is 1. The Bertz CT molecular complexity index is 1920. The third-order valence-corrected chi connectivity index (χ3v) is 8.10. The maximum Gasteiger partial charge on any atom is 0.0541 e. The summed E-state index contributed by atoms with van der Waals surface area (Å²) >= 11 is 0. The number of aromatic nitrogens is 1. The fraction of sp³-hybridized carbons (Fsp3) is 0.0556. The Balaban J connectivity index is 1.25. The van der Waals surface area contributed by atoms with Crippen LogP contribution in [0.2, 0.25) is 0 Å². The summed E-state index contributed by atoms with van der Waals surface area (Å²) in [6, 6.07) is 48.6. The van der Waals surface area contributed by atoms with E-state index in [-0.39, 0.29) is 0 Å². The van der Waals surface area contributed by atoms with Crippen LogP contribution in [0.4, 0.5) is 11.4 Å². The lowest BCUT2D eigenvalue weighted by molar-refractivity contribution is 1.00. The number of rotatable bonds is 3. The van der Waals surface area contributed by atoms with E-state index >= 15 is 0 Å². The van der Waals surface area contributed by atoms with Gasteiger partial charge in [-0.3, -0.25) is 0 Å². The summed E-state index contributed by atoms with van der Waals surface area (Å²) in [5.74, 6) is 0. The van der Waals surface area contributed by atoms with E-state index in [1.54, 1.807) is 0 Å². The van der Waals surface area contributed by atoms with Crippen LogP contribution in [-0.2, 0) is 6.42 Å². The van der Waals surface area contributed by atoms with Gasteiger partial charge in [0.2, 0.25) is 0 Å². The first-order chi connectivity index (χ1) is 18.9. The number of anilines is 2. The molecule has 2 heterocycles. The van der Waals surface area contributed by atoms with Gasteiger partial charge in [-0.2, -0.15) is 0 Å². The Hall–Kier alpha value is -4.82. The van der Waals surface area contributed by atoms with Gasteiger partial charge >= 0.3 is 0 Å². The molecular weight excluding hydrogens is 460 g/mol. The number of fused-ring (bicyclic) bond motifs is 5. The first-order valence-electron chi connectivity index (χ1n) is 13.3. The zero-order valence-corrected chi connectivity index (χ0v) is 21.0. The normalized spacial score (nSPS) is 13.0. The minimum atomic E-state index is 1.02. The van der Waals surface area contributed by atoms with Crippen molar-refractivity contribution in [3.05, 3.63) is 139 Å². The Labute approximate surface area is 222 Å². The molecule has 0 bridgehead atoms. The predicted molar refractivity (Wildman–Crippen MR) is 161 cm³/mol. The average Bonchev–Trinajstić information content (AvgIpc) is 3.56. The van der Waals surface area contributed by atoms with Crippen molar-refractivity contribution in [2.45, 2.75) is 6.42 Å². The molecule has 0 amide bonds. The summed E-state index contributed by atoms with van der Waals surface area (Å²) in [6.45, 7) is 1.02. The minimum absolute atomic E-state index is 1.02. The van der Waals surface area contributed by atoms with E-state index in [0.717, 1.165) is 13.0 Å². The predicted octanol–water partition coefficient (Wildman–Crippen LogP) is 9.30. The molecule has 0 spiro atoms. The SMILES string of the molecule is c1ccc2c(c1)CCN2c1ccc(-c2ccc(-n3c4ccccc4c4ccccc43)cc2)c2ccccc12. The Morgan fingerprint density at radius 3 is 1.79 bits per heavy atom. The van der Waals surface area contributed by atoms with Crippen LogP contribution in [0.3, 0.4) is 0 Å². The molecule has 1 aliphatic heterocycles. The quantitative estimate of drug-likeness (QED) is 0.242. The molecule has 180 valence electrons. The second-order valence-electron chi connectivity index (χ2n) is 10.1. The first-order valence-corrected chi connectivity index (χ1v) is 13.3. The van der Waals surface area contributed by atoms with Gasteiger partial charge in [-0.25, -0.2) is 0 Å². The van der Waals surface area contributed by atoms with Crippen molar-refractivity contribution in [2.75, 3.05) is 11.4 Å². The van der Waals surface area contributed by atoms with Gasteiger partial charge in [-0.05, 0) is 64.9 Å². The van der Waals surface area contributed by atoms with Crippen LogP contribution < -0.4 is 4.90 Å². The highest BCUT2D eigenvalue weighted by Crippen LogP contribution is 2.41. The molecule has 2 heteroatoms. The maximum absolute atomic E-state index is 2.48. The fourth-order valence-corrected chi connectivity index (χ4v) is 6.35. The van der Waals surface area contributed by atoms with Crippen LogP contribution in [-0.4, -0.2) is 11.1 Å². The minimum Gasteiger partial charge on any atom is -0.340 e. The van der Waals surface area contributed by atoms with Crippen molar-refractivity contribution in [2.24, 2.45) is 0 Å². The van der Waals surface area contributed by atoms with Crippen molar-refractivity contribution in [1.29, 1.82) is 0 Å².